The van der Waals surface area contributed by atoms with Crippen molar-refractivity contribution in [3.63, 3.8) is 0 Å². The van der Waals surface area contributed by atoms with Crippen LogP contribution < -0.4 is 15.4 Å². The predicted octanol–water partition coefficient (Wildman–Crippen LogP) is 2.74. The molecule has 0 aromatic heterocycles. The third kappa shape index (κ3) is 14.5. The molecule has 0 aliphatic heterocycles. The van der Waals surface area contributed by atoms with Crippen LogP contribution in [-0.2, 0) is 16.0 Å². The van der Waals surface area contributed by atoms with Gasteiger partial charge in [-0.1, -0.05) is 31.5 Å². The van der Waals surface area contributed by atoms with E-state index in [1.54, 1.807) is 7.05 Å². The Morgan fingerprint density at radius 3 is 2.41 bits per heavy atom. The van der Waals surface area contributed by atoms with E-state index in [-0.39, 0.29) is 24.0 Å². The van der Waals surface area contributed by atoms with Crippen molar-refractivity contribution in [3.8, 4) is 5.75 Å². The molecule has 0 spiro atoms. The molecule has 0 fully saturated rings. The maximum absolute atomic E-state index is 5.90. The first-order chi connectivity index (χ1) is 13.7. The Hall–Kier alpha value is -1.10. The Morgan fingerprint density at radius 1 is 1.00 bits per heavy atom. The van der Waals surface area contributed by atoms with E-state index in [1.165, 1.54) is 0 Å². The first-order valence-electron chi connectivity index (χ1n) is 10.1. The standard InChI is InChI=1S/C21H38N4O3.HI/c1-5-6-13-26-16-17-27-14-11-23-21(22-2)24-18-19-9-7-8-10-20(19)28-15-12-25(3)4;/h7-10H,5-6,11-18H2,1-4H3,(H2,22,23,24);1H. The number of nitrogens with one attached hydrogen (secondary N) is 2. The molecule has 0 saturated heterocycles. The van der Waals surface area contributed by atoms with Crippen LogP contribution in [0.5, 0.6) is 5.75 Å². The summed E-state index contributed by atoms with van der Waals surface area (Å²) in [5, 5.41) is 6.57. The number of halogens is 1. The van der Waals surface area contributed by atoms with Crippen molar-refractivity contribution in [3.05, 3.63) is 29.8 Å². The van der Waals surface area contributed by atoms with Gasteiger partial charge in [0.05, 0.1) is 19.8 Å². The minimum Gasteiger partial charge on any atom is -0.492 e. The van der Waals surface area contributed by atoms with Crippen molar-refractivity contribution in [1.29, 1.82) is 0 Å². The molecule has 2 N–H and O–H groups in total. The van der Waals surface area contributed by atoms with Crippen LogP contribution >= 0.6 is 24.0 Å². The summed E-state index contributed by atoms with van der Waals surface area (Å²) in [6.45, 7) is 7.73. The Balaban J connectivity index is 0.00000784. The molecule has 0 radical (unpaired) electrons. The van der Waals surface area contributed by atoms with Gasteiger partial charge < -0.3 is 29.7 Å². The lowest BCUT2D eigenvalue weighted by atomic mass is 10.2. The third-order valence-corrected chi connectivity index (χ3v) is 3.99. The number of likely N-dealkylation sites (N-methyl/N-ethyl adjacent to an activating group) is 1. The number of nitrogens with zero attached hydrogens (tertiary/aromatic N) is 2. The fraction of sp³-hybridized carbons (Fsp3) is 0.667. The smallest absolute Gasteiger partial charge is 0.191 e. The molecule has 29 heavy (non-hydrogen) atoms. The van der Waals surface area contributed by atoms with Crippen LogP contribution in [0.1, 0.15) is 25.3 Å². The van der Waals surface area contributed by atoms with Gasteiger partial charge in [-0.25, -0.2) is 0 Å². The molecule has 168 valence electrons. The van der Waals surface area contributed by atoms with E-state index >= 15 is 0 Å². The van der Waals surface area contributed by atoms with Gasteiger partial charge in [0.1, 0.15) is 12.4 Å². The van der Waals surface area contributed by atoms with E-state index in [9.17, 15) is 0 Å². The second-order valence-corrected chi connectivity index (χ2v) is 6.69. The van der Waals surface area contributed by atoms with Gasteiger partial charge in [-0.05, 0) is 26.6 Å². The zero-order valence-corrected chi connectivity index (χ0v) is 20.7. The fourth-order valence-electron chi connectivity index (χ4n) is 2.34. The van der Waals surface area contributed by atoms with E-state index < -0.39 is 0 Å². The number of para-hydroxylation sites is 1. The van der Waals surface area contributed by atoms with Crippen molar-refractivity contribution in [1.82, 2.24) is 15.5 Å². The Labute approximate surface area is 193 Å². The Morgan fingerprint density at radius 2 is 1.72 bits per heavy atom. The average Bonchev–Trinajstić information content (AvgIpc) is 2.69. The summed E-state index contributed by atoms with van der Waals surface area (Å²) in [4.78, 5) is 6.36. The summed E-state index contributed by atoms with van der Waals surface area (Å²) in [5.74, 6) is 1.64. The number of guanidine groups is 1. The maximum Gasteiger partial charge on any atom is 0.191 e. The van der Waals surface area contributed by atoms with Crippen molar-refractivity contribution < 1.29 is 14.2 Å². The highest BCUT2D eigenvalue weighted by atomic mass is 127. The van der Waals surface area contributed by atoms with Crippen LogP contribution in [0.4, 0.5) is 0 Å². The van der Waals surface area contributed by atoms with Crippen LogP contribution in [-0.4, -0.2) is 78.1 Å². The summed E-state index contributed by atoms with van der Waals surface area (Å²) in [7, 11) is 5.84. The topological polar surface area (TPSA) is 67.3 Å². The third-order valence-electron chi connectivity index (χ3n) is 3.99. The molecule has 0 atom stereocenters. The van der Waals surface area contributed by atoms with Gasteiger partial charge in [-0.3, -0.25) is 4.99 Å². The minimum atomic E-state index is 0. The SMILES string of the molecule is CCCCOCCOCCNC(=NC)NCc1ccccc1OCCN(C)C.I. The summed E-state index contributed by atoms with van der Waals surface area (Å²) in [6, 6.07) is 8.07. The number of hydrogen-bond donors (Lipinski definition) is 2. The Kier molecular flexibility index (Phi) is 18.2. The normalized spacial score (nSPS) is 11.3. The van der Waals surface area contributed by atoms with Gasteiger partial charge in [0.2, 0.25) is 0 Å². The van der Waals surface area contributed by atoms with Gasteiger partial charge in [-0.15, -0.1) is 24.0 Å². The number of hydrogen-bond acceptors (Lipinski definition) is 5. The van der Waals surface area contributed by atoms with Crippen molar-refractivity contribution in [2.24, 2.45) is 4.99 Å². The molecule has 0 aliphatic carbocycles. The van der Waals surface area contributed by atoms with Crippen molar-refractivity contribution >= 4 is 29.9 Å². The average molecular weight is 522 g/mol. The second-order valence-electron chi connectivity index (χ2n) is 6.69. The summed E-state index contributed by atoms with van der Waals surface area (Å²) < 4.78 is 16.9. The molecule has 1 aromatic carbocycles. The van der Waals surface area contributed by atoms with Gasteiger partial charge in [0, 0.05) is 38.9 Å². The molecular weight excluding hydrogens is 483 g/mol. The van der Waals surface area contributed by atoms with Gasteiger partial charge in [0.15, 0.2) is 5.96 Å². The maximum atomic E-state index is 5.90. The van der Waals surface area contributed by atoms with Crippen molar-refractivity contribution in [2.45, 2.75) is 26.3 Å². The van der Waals surface area contributed by atoms with E-state index in [1.807, 2.05) is 32.3 Å². The highest BCUT2D eigenvalue weighted by molar-refractivity contribution is 14.0. The lowest BCUT2D eigenvalue weighted by Crippen LogP contribution is -2.38. The zero-order chi connectivity index (χ0) is 20.5. The Bertz CT molecular complexity index is 544. The number of aliphatic imine (C=N–C) groups is 1. The molecule has 0 saturated carbocycles. The molecule has 0 heterocycles. The highest BCUT2D eigenvalue weighted by Crippen LogP contribution is 2.17. The van der Waals surface area contributed by atoms with Gasteiger partial charge in [-0.2, -0.15) is 0 Å². The van der Waals surface area contributed by atoms with Crippen LogP contribution in [0.2, 0.25) is 0 Å². The fourth-order valence-corrected chi connectivity index (χ4v) is 2.34. The van der Waals surface area contributed by atoms with E-state index in [4.69, 9.17) is 14.2 Å². The second kappa shape index (κ2) is 18.9. The molecule has 0 aliphatic rings. The monoisotopic (exact) mass is 522 g/mol. The summed E-state index contributed by atoms with van der Waals surface area (Å²) in [6.07, 6.45) is 2.26. The first-order valence-corrected chi connectivity index (χ1v) is 10.1. The largest absolute Gasteiger partial charge is 0.492 e. The van der Waals surface area contributed by atoms with Gasteiger partial charge in [0.25, 0.3) is 0 Å². The molecule has 1 aromatic rings. The molecule has 0 amide bonds. The first kappa shape index (κ1) is 27.9. The molecule has 0 bridgehead atoms. The quantitative estimate of drug-likeness (QED) is 0.160. The number of unbranched alkanes of at least 4 members (excludes halogenated alkanes) is 1. The lowest BCUT2D eigenvalue weighted by Gasteiger charge is -2.16. The summed E-state index contributed by atoms with van der Waals surface area (Å²) >= 11 is 0. The minimum absolute atomic E-state index is 0. The highest BCUT2D eigenvalue weighted by Gasteiger charge is 2.05. The molecule has 1 rings (SSSR count). The molecule has 8 heteroatoms. The molecule has 0 unspecified atom stereocenters. The van der Waals surface area contributed by atoms with Crippen LogP contribution in [0, 0.1) is 0 Å². The number of rotatable bonds is 15. The molecule has 7 nitrogen and oxygen atoms in total. The number of ether oxygens (including phenoxy) is 3. The van der Waals surface area contributed by atoms with E-state index in [0.717, 1.165) is 43.3 Å². The van der Waals surface area contributed by atoms with E-state index in [0.29, 0.717) is 39.5 Å². The van der Waals surface area contributed by atoms with Crippen LogP contribution in [0.25, 0.3) is 0 Å². The van der Waals surface area contributed by atoms with Crippen LogP contribution in [0.3, 0.4) is 0 Å². The lowest BCUT2D eigenvalue weighted by molar-refractivity contribution is 0.0487. The predicted molar refractivity (Wildman–Crippen MR) is 131 cm³/mol. The summed E-state index contributed by atoms with van der Waals surface area (Å²) in [5.41, 5.74) is 1.10. The molecular formula is C21H39IN4O3. The van der Waals surface area contributed by atoms with E-state index in [2.05, 4.69) is 33.5 Å². The van der Waals surface area contributed by atoms with Crippen LogP contribution in [0.15, 0.2) is 29.3 Å². The number of benzene rings is 1. The van der Waals surface area contributed by atoms with Crippen molar-refractivity contribution in [2.75, 3.05) is 67.3 Å². The zero-order valence-electron chi connectivity index (χ0n) is 18.4. The van der Waals surface area contributed by atoms with Gasteiger partial charge >= 0.3 is 0 Å².